The van der Waals surface area contributed by atoms with Crippen LogP contribution in [0.5, 0.6) is 0 Å². The highest BCUT2D eigenvalue weighted by atomic mass is 16.4. The van der Waals surface area contributed by atoms with Gasteiger partial charge in [-0.05, 0) is 12.8 Å². The van der Waals surface area contributed by atoms with Crippen molar-refractivity contribution in [2.45, 2.75) is 39.2 Å². The van der Waals surface area contributed by atoms with E-state index < -0.39 is 16.9 Å². The van der Waals surface area contributed by atoms with Gasteiger partial charge >= 0.3 is 5.97 Å². The molecule has 0 aliphatic rings. The first-order valence-corrected chi connectivity index (χ1v) is 5.47. The van der Waals surface area contributed by atoms with Gasteiger partial charge in [-0.2, -0.15) is 0 Å². The summed E-state index contributed by atoms with van der Waals surface area (Å²) in [6, 6.07) is 0. The van der Waals surface area contributed by atoms with E-state index in [-0.39, 0.29) is 18.7 Å². The van der Waals surface area contributed by atoms with E-state index >= 15 is 0 Å². The number of carboxylic acid groups (broad SMARTS) is 1. The van der Waals surface area contributed by atoms with E-state index in [1.807, 2.05) is 0 Å². The van der Waals surface area contributed by atoms with E-state index in [1.165, 1.54) is 12.2 Å². The van der Waals surface area contributed by atoms with E-state index in [0.717, 1.165) is 0 Å². The molecule has 0 saturated heterocycles. The first-order valence-electron chi connectivity index (χ1n) is 5.47. The molecule has 0 aromatic carbocycles. The molecule has 0 aliphatic carbocycles. The fourth-order valence-electron chi connectivity index (χ4n) is 1.31. The van der Waals surface area contributed by atoms with Crippen molar-refractivity contribution in [2.24, 2.45) is 5.41 Å². The van der Waals surface area contributed by atoms with Crippen molar-refractivity contribution in [3.63, 3.8) is 0 Å². The van der Waals surface area contributed by atoms with Crippen LogP contribution < -0.4 is 5.32 Å². The van der Waals surface area contributed by atoms with Crippen LogP contribution >= 0.6 is 0 Å². The summed E-state index contributed by atoms with van der Waals surface area (Å²) in [4.78, 5) is 23.2. The van der Waals surface area contributed by atoms with Crippen molar-refractivity contribution in [2.75, 3.05) is 0 Å². The summed E-state index contributed by atoms with van der Waals surface area (Å²) in [6.45, 7) is 12.3. The molecule has 0 atom stereocenters. The fraction of sp³-hybridized carbons (Fsp3) is 0.538. The Balaban J connectivity index is 5.17. The number of carbonyl (C=O) groups excluding carboxylic acids is 1. The molecule has 0 rings (SSSR count). The number of rotatable bonds is 6. The quantitative estimate of drug-likeness (QED) is 0.698. The van der Waals surface area contributed by atoms with Gasteiger partial charge in [0, 0.05) is 5.41 Å². The van der Waals surface area contributed by atoms with Crippen LogP contribution in [0, 0.1) is 5.41 Å². The number of aliphatic carboxylic acids is 1. The standard InChI is InChI=1S/C13H21NO3/c1-6-8-13(9-7-2,11(16)17)14-10(15)12(3,4)5/h6-7H,1-2,8-9H2,3-5H3,(H,14,15)(H,16,17). The van der Waals surface area contributed by atoms with Crippen LogP contribution in [0.25, 0.3) is 0 Å². The number of hydrogen-bond acceptors (Lipinski definition) is 2. The molecule has 0 aromatic heterocycles. The van der Waals surface area contributed by atoms with Gasteiger partial charge in [-0.1, -0.05) is 32.9 Å². The monoisotopic (exact) mass is 239 g/mol. The Hall–Kier alpha value is -1.58. The lowest BCUT2D eigenvalue weighted by atomic mass is 9.87. The molecule has 96 valence electrons. The van der Waals surface area contributed by atoms with Crippen LogP contribution in [0.15, 0.2) is 25.3 Å². The lowest BCUT2D eigenvalue weighted by molar-refractivity contribution is -0.149. The second kappa shape index (κ2) is 5.66. The molecule has 17 heavy (non-hydrogen) atoms. The minimum Gasteiger partial charge on any atom is -0.479 e. The highest BCUT2D eigenvalue weighted by Crippen LogP contribution is 2.21. The normalized spacial score (nSPS) is 11.7. The molecule has 0 aliphatic heterocycles. The topological polar surface area (TPSA) is 66.4 Å². The third-order valence-corrected chi connectivity index (χ3v) is 2.43. The van der Waals surface area contributed by atoms with E-state index in [2.05, 4.69) is 18.5 Å². The van der Waals surface area contributed by atoms with E-state index in [9.17, 15) is 14.7 Å². The molecule has 1 amide bonds. The van der Waals surface area contributed by atoms with Crippen molar-refractivity contribution in [1.82, 2.24) is 5.32 Å². The van der Waals surface area contributed by atoms with Gasteiger partial charge in [0.15, 0.2) is 0 Å². The fourth-order valence-corrected chi connectivity index (χ4v) is 1.31. The zero-order valence-electron chi connectivity index (χ0n) is 10.7. The van der Waals surface area contributed by atoms with Gasteiger partial charge in [-0.3, -0.25) is 4.79 Å². The number of carbonyl (C=O) groups is 2. The van der Waals surface area contributed by atoms with Gasteiger partial charge in [-0.15, -0.1) is 13.2 Å². The SMILES string of the molecule is C=CCC(CC=C)(NC(=O)C(C)(C)C)C(=O)O. The summed E-state index contributed by atoms with van der Waals surface area (Å²) in [5.41, 5.74) is -1.98. The van der Waals surface area contributed by atoms with E-state index in [4.69, 9.17) is 0 Å². The zero-order chi connectivity index (χ0) is 13.7. The minimum atomic E-state index is -1.34. The van der Waals surface area contributed by atoms with Crippen LogP contribution in [-0.4, -0.2) is 22.5 Å². The van der Waals surface area contributed by atoms with E-state index in [1.54, 1.807) is 20.8 Å². The molecule has 0 heterocycles. The average molecular weight is 239 g/mol. The third kappa shape index (κ3) is 4.06. The first-order chi connectivity index (χ1) is 7.69. The molecule has 0 fully saturated rings. The maximum Gasteiger partial charge on any atom is 0.330 e. The Kier molecular flexibility index (Phi) is 5.13. The number of nitrogens with one attached hydrogen (secondary N) is 1. The number of carboxylic acids is 1. The smallest absolute Gasteiger partial charge is 0.330 e. The molecule has 2 N–H and O–H groups in total. The molecule has 0 radical (unpaired) electrons. The molecule has 0 saturated carbocycles. The minimum absolute atomic E-state index is 0.163. The lowest BCUT2D eigenvalue weighted by Crippen LogP contribution is -2.56. The van der Waals surface area contributed by atoms with Crippen molar-refractivity contribution < 1.29 is 14.7 Å². The first kappa shape index (κ1) is 15.4. The Morgan fingerprint density at radius 2 is 1.59 bits per heavy atom. The third-order valence-electron chi connectivity index (χ3n) is 2.43. The Bertz CT molecular complexity index is 316. The van der Waals surface area contributed by atoms with Crippen LogP contribution in [0.1, 0.15) is 33.6 Å². The van der Waals surface area contributed by atoms with Gasteiger partial charge in [0.25, 0.3) is 0 Å². The second-order valence-electron chi connectivity index (χ2n) is 5.08. The molecule has 0 spiro atoms. The van der Waals surface area contributed by atoms with Crippen molar-refractivity contribution in [3.8, 4) is 0 Å². The van der Waals surface area contributed by atoms with Crippen LogP contribution in [0.4, 0.5) is 0 Å². The predicted molar refractivity (Wildman–Crippen MR) is 67.6 cm³/mol. The van der Waals surface area contributed by atoms with Crippen LogP contribution in [0.2, 0.25) is 0 Å². The molecule has 4 nitrogen and oxygen atoms in total. The Morgan fingerprint density at radius 1 is 1.18 bits per heavy atom. The largest absolute Gasteiger partial charge is 0.479 e. The summed E-state index contributed by atoms with van der Waals surface area (Å²) in [5.74, 6) is -1.38. The Labute approximate surface area is 102 Å². The second-order valence-corrected chi connectivity index (χ2v) is 5.08. The van der Waals surface area contributed by atoms with Gasteiger partial charge in [0.05, 0.1) is 0 Å². The van der Waals surface area contributed by atoms with Gasteiger partial charge in [-0.25, -0.2) is 4.79 Å². The summed E-state index contributed by atoms with van der Waals surface area (Å²) in [7, 11) is 0. The molecule has 0 unspecified atom stereocenters. The summed E-state index contributed by atoms with van der Waals surface area (Å²) >= 11 is 0. The summed E-state index contributed by atoms with van der Waals surface area (Å²) < 4.78 is 0. The maximum atomic E-state index is 11.9. The van der Waals surface area contributed by atoms with Crippen molar-refractivity contribution >= 4 is 11.9 Å². The molecule has 0 aromatic rings. The van der Waals surface area contributed by atoms with Gasteiger partial charge in [0.1, 0.15) is 5.54 Å². The van der Waals surface area contributed by atoms with E-state index in [0.29, 0.717) is 0 Å². The van der Waals surface area contributed by atoms with Gasteiger partial charge < -0.3 is 10.4 Å². The van der Waals surface area contributed by atoms with Crippen LogP contribution in [-0.2, 0) is 9.59 Å². The van der Waals surface area contributed by atoms with Crippen LogP contribution in [0.3, 0.4) is 0 Å². The maximum absolute atomic E-state index is 11.9. The van der Waals surface area contributed by atoms with Crippen molar-refractivity contribution in [1.29, 1.82) is 0 Å². The predicted octanol–water partition coefficient (Wildman–Crippen LogP) is 2.12. The highest BCUT2D eigenvalue weighted by Gasteiger charge is 2.39. The average Bonchev–Trinajstić information content (AvgIpc) is 2.16. The molecule has 4 heteroatoms. The molecular weight excluding hydrogens is 218 g/mol. The van der Waals surface area contributed by atoms with Gasteiger partial charge in [0.2, 0.25) is 5.91 Å². The lowest BCUT2D eigenvalue weighted by Gasteiger charge is -2.31. The summed E-state index contributed by atoms with van der Waals surface area (Å²) in [5, 5.41) is 11.9. The summed E-state index contributed by atoms with van der Waals surface area (Å²) in [6.07, 6.45) is 3.30. The highest BCUT2D eigenvalue weighted by molar-refractivity contribution is 5.89. The number of amides is 1. The Morgan fingerprint density at radius 3 is 1.82 bits per heavy atom. The molecule has 0 bridgehead atoms. The van der Waals surface area contributed by atoms with Crippen molar-refractivity contribution in [3.05, 3.63) is 25.3 Å². The molecular formula is C13H21NO3. The number of hydrogen-bond donors (Lipinski definition) is 2. The zero-order valence-corrected chi connectivity index (χ0v) is 10.7.